The minimum Gasteiger partial charge on any atom is -0.456 e. The van der Waals surface area contributed by atoms with Crippen LogP contribution in [0, 0.1) is 0 Å². The Hall–Kier alpha value is -8.74. The van der Waals surface area contributed by atoms with E-state index in [9.17, 15) is 0 Å². The number of aromatic nitrogens is 5. The van der Waals surface area contributed by atoms with E-state index < -0.39 is 5.41 Å². The number of nitrogens with zero attached hydrogens (tertiary/aromatic N) is 5. The molecule has 12 aromatic rings. The number of hydrogen-bond acceptors (Lipinski definition) is 5. The third-order valence-corrected chi connectivity index (χ3v) is 13.5. The van der Waals surface area contributed by atoms with Crippen LogP contribution in [0.4, 0.5) is 0 Å². The van der Waals surface area contributed by atoms with Crippen LogP contribution in [0.15, 0.2) is 217 Å². The average molecular weight is 830 g/mol. The maximum Gasteiger partial charge on any atom is 0.164 e. The van der Waals surface area contributed by atoms with Gasteiger partial charge in [-0.3, -0.25) is 4.40 Å². The fourth-order valence-corrected chi connectivity index (χ4v) is 10.7. The molecule has 65 heavy (non-hydrogen) atoms. The summed E-state index contributed by atoms with van der Waals surface area (Å²) >= 11 is 0. The summed E-state index contributed by atoms with van der Waals surface area (Å²) in [6, 6.07) is 72.8. The third kappa shape index (κ3) is 5.16. The molecule has 4 aromatic heterocycles. The SMILES string of the molecule is c1ccc(-c2c(-c3ccc(-c4nc(-c5ccc6c(c5)C5(c7ccccc7-c7ccccc75)c5ccccc5-6)nc(-c5ccc6c(c5)oc5ccccc56)n4)cc3)nc3ccccn23)cc1. The van der Waals surface area contributed by atoms with E-state index in [4.69, 9.17) is 24.4 Å². The van der Waals surface area contributed by atoms with Crippen molar-refractivity contribution in [2.75, 3.05) is 0 Å². The Balaban J connectivity index is 0.957. The van der Waals surface area contributed by atoms with Gasteiger partial charge in [0.2, 0.25) is 0 Å². The van der Waals surface area contributed by atoms with E-state index in [0.717, 1.165) is 66.8 Å². The summed E-state index contributed by atoms with van der Waals surface area (Å²) < 4.78 is 8.53. The first-order chi connectivity index (χ1) is 32.2. The second-order valence-electron chi connectivity index (χ2n) is 16.9. The van der Waals surface area contributed by atoms with Gasteiger partial charge in [-0.2, -0.15) is 0 Å². The Labute approximate surface area is 373 Å². The number of fused-ring (bicyclic) bond motifs is 14. The number of imidazole rings is 1. The summed E-state index contributed by atoms with van der Waals surface area (Å²) in [5.74, 6) is 1.74. The summed E-state index contributed by atoms with van der Waals surface area (Å²) in [6.45, 7) is 0. The van der Waals surface area contributed by atoms with Gasteiger partial charge in [0, 0.05) is 44.8 Å². The van der Waals surface area contributed by atoms with Crippen LogP contribution in [0.1, 0.15) is 22.3 Å². The highest BCUT2D eigenvalue weighted by Gasteiger charge is 2.51. The minimum absolute atomic E-state index is 0.494. The maximum absolute atomic E-state index is 6.38. The van der Waals surface area contributed by atoms with Crippen LogP contribution in [0.2, 0.25) is 0 Å². The predicted molar refractivity (Wildman–Crippen MR) is 259 cm³/mol. The van der Waals surface area contributed by atoms with E-state index in [0.29, 0.717) is 17.5 Å². The van der Waals surface area contributed by atoms with Gasteiger partial charge in [-0.05, 0) is 80.9 Å². The van der Waals surface area contributed by atoms with Crippen LogP contribution in [0.5, 0.6) is 0 Å². The van der Waals surface area contributed by atoms with Crippen LogP contribution in [-0.2, 0) is 5.41 Å². The van der Waals surface area contributed by atoms with Crippen LogP contribution in [0.3, 0.4) is 0 Å². The van der Waals surface area contributed by atoms with Crippen molar-refractivity contribution in [1.82, 2.24) is 24.3 Å². The molecule has 2 aliphatic carbocycles. The van der Waals surface area contributed by atoms with Gasteiger partial charge in [-0.25, -0.2) is 19.9 Å². The molecule has 0 saturated heterocycles. The molecule has 0 bridgehead atoms. The van der Waals surface area contributed by atoms with Crippen molar-refractivity contribution in [2.45, 2.75) is 5.41 Å². The van der Waals surface area contributed by atoms with Crippen molar-refractivity contribution in [1.29, 1.82) is 0 Å². The molecule has 0 aliphatic heterocycles. The molecule has 8 aromatic carbocycles. The molecule has 1 spiro atoms. The molecule has 0 amide bonds. The van der Waals surface area contributed by atoms with Gasteiger partial charge in [-0.1, -0.05) is 170 Å². The van der Waals surface area contributed by atoms with Crippen LogP contribution < -0.4 is 0 Å². The summed E-state index contributed by atoms with van der Waals surface area (Å²) in [6.07, 6.45) is 2.07. The van der Waals surface area contributed by atoms with Gasteiger partial charge in [0.15, 0.2) is 17.5 Å². The van der Waals surface area contributed by atoms with Crippen molar-refractivity contribution in [3.8, 4) is 78.9 Å². The predicted octanol–water partition coefficient (Wildman–Crippen LogP) is 14.1. The van der Waals surface area contributed by atoms with Crippen molar-refractivity contribution in [2.24, 2.45) is 0 Å². The van der Waals surface area contributed by atoms with E-state index in [2.05, 4.69) is 174 Å². The zero-order valence-electron chi connectivity index (χ0n) is 34.9. The maximum atomic E-state index is 6.38. The van der Waals surface area contributed by atoms with Crippen molar-refractivity contribution in [3.63, 3.8) is 0 Å². The summed E-state index contributed by atoms with van der Waals surface area (Å²) in [7, 11) is 0. The van der Waals surface area contributed by atoms with Gasteiger partial charge in [0.1, 0.15) is 16.8 Å². The van der Waals surface area contributed by atoms with Crippen molar-refractivity contribution < 1.29 is 4.42 Å². The largest absolute Gasteiger partial charge is 0.456 e. The molecule has 4 heterocycles. The molecule has 0 unspecified atom stereocenters. The Morgan fingerprint density at radius 3 is 1.58 bits per heavy atom. The standard InChI is InChI=1S/C59H35N5O/c1-2-14-37(15-3-1)55-54(60-53-24-12-13-33-64(53)55)36-25-27-38(28-26-36)56-61-57(63-58(62-56)40-30-32-46-45-19-7-11-23-51(45)65-52(46)35-40)39-29-31-44-43-18-6-10-22-49(43)59(50(44)34-39)47-20-8-4-16-41(47)42-17-5-9-21-48(42)59/h1-35H. The molecule has 0 saturated carbocycles. The van der Waals surface area contributed by atoms with Gasteiger partial charge in [0.05, 0.1) is 16.8 Å². The number of para-hydroxylation sites is 1. The molecule has 0 fully saturated rings. The van der Waals surface area contributed by atoms with E-state index in [1.165, 1.54) is 44.5 Å². The van der Waals surface area contributed by atoms with Gasteiger partial charge in [0.25, 0.3) is 0 Å². The number of furan rings is 1. The Morgan fingerprint density at radius 2 is 0.877 bits per heavy atom. The Morgan fingerprint density at radius 1 is 0.354 bits per heavy atom. The summed E-state index contributed by atoms with van der Waals surface area (Å²) in [5.41, 5.74) is 18.8. The molecule has 302 valence electrons. The molecule has 0 N–H and O–H groups in total. The first-order valence-corrected chi connectivity index (χ1v) is 22.0. The fourth-order valence-electron chi connectivity index (χ4n) is 10.7. The Bertz CT molecular complexity index is 3840. The summed E-state index contributed by atoms with van der Waals surface area (Å²) in [5, 5.41) is 2.13. The molecular weight excluding hydrogens is 795 g/mol. The van der Waals surface area contributed by atoms with Gasteiger partial charge >= 0.3 is 0 Å². The average Bonchev–Trinajstić information content (AvgIpc) is 4.12. The zero-order chi connectivity index (χ0) is 42.6. The lowest BCUT2D eigenvalue weighted by Crippen LogP contribution is -2.25. The normalized spacial score (nSPS) is 13.0. The first-order valence-electron chi connectivity index (χ1n) is 22.0. The number of benzene rings is 8. The van der Waals surface area contributed by atoms with Gasteiger partial charge < -0.3 is 4.42 Å². The monoisotopic (exact) mass is 829 g/mol. The van der Waals surface area contributed by atoms with E-state index in [1.807, 2.05) is 42.5 Å². The van der Waals surface area contributed by atoms with E-state index in [1.54, 1.807) is 0 Å². The molecule has 14 rings (SSSR count). The number of pyridine rings is 1. The molecule has 6 heteroatoms. The van der Waals surface area contributed by atoms with Crippen molar-refractivity contribution in [3.05, 3.63) is 235 Å². The number of hydrogen-bond donors (Lipinski definition) is 0. The second kappa shape index (κ2) is 13.6. The lowest BCUT2D eigenvalue weighted by Gasteiger charge is -2.30. The van der Waals surface area contributed by atoms with Gasteiger partial charge in [-0.15, -0.1) is 0 Å². The molecule has 6 nitrogen and oxygen atoms in total. The Kier molecular flexibility index (Phi) is 7.51. The highest BCUT2D eigenvalue weighted by Crippen LogP contribution is 2.63. The third-order valence-electron chi connectivity index (χ3n) is 13.5. The number of rotatable bonds is 5. The lowest BCUT2D eigenvalue weighted by atomic mass is 9.70. The highest BCUT2D eigenvalue weighted by atomic mass is 16.3. The quantitative estimate of drug-likeness (QED) is 0.173. The van der Waals surface area contributed by atoms with Crippen LogP contribution in [-0.4, -0.2) is 24.3 Å². The topological polar surface area (TPSA) is 69.1 Å². The minimum atomic E-state index is -0.494. The molecule has 2 aliphatic rings. The smallest absolute Gasteiger partial charge is 0.164 e. The fraction of sp³-hybridized carbons (Fsp3) is 0.0169. The molecule has 0 radical (unpaired) electrons. The zero-order valence-corrected chi connectivity index (χ0v) is 34.9. The van der Waals surface area contributed by atoms with Crippen LogP contribution in [0.25, 0.3) is 107 Å². The second-order valence-corrected chi connectivity index (χ2v) is 16.9. The van der Waals surface area contributed by atoms with Crippen molar-refractivity contribution >= 4 is 27.6 Å². The van der Waals surface area contributed by atoms with E-state index >= 15 is 0 Å². The van der Waals surface area contributed by atoms with Crippen LogP contribution >= 0.6 is 0 Å². The molecule has 0 atom stereocenters. The highest BCUT2D eigenvalue weighted by molar-refractivity contribution is 6.06. The van der Waals surface area contributed by atoms with E-state index in [-0.39, 0.29) is 0 Å². The summed E-state index contributed by atoms with van der Waals surface area (Å²) in [4.78, 5) is 20.9. The first kappa shape index (κ1) is 35.8. The molecular formula is C59H35N5O. The lowest BCUT2D eigenvalue weighted by molar-refractivity contribution is 0.669.